The van der Waals surface area contributed by atoms with Crippen LogP contribution in [-0.2, 0) is 4.79 Å². The lowest BCUT2D eigenvalue weighted by Crippen LogP contribution is -2.17. The van der Waals surface area contributed by atoms with Crippen molar-refractivity contribution in [3.05, 3.63) is 77.4 Å². The number of hydrogen-bond donors (Lipinski definition) is 1. The van der Waals surface area contributed by atoms with Crippen molar-refractivity contribution in [2.24, 2.45) is 5.10 Å². The fourth-order valence-electron chi connectivity index (χ4n) is 5.23. The minimum Gasteiger partial charge on any atom is -0.422 e. The maximum absolute atomic E-state index is 12.8. The van der Waals surface area contributed by atoms with Gasteiger partial charge < -0.3 is 4.74 Å². The molecule has 0 aliphatic rings. The molecule has 226 valence electrons. The fourth-order valence-corrected chi connectivity index (χ4v) is 5.23. The topological polar surface area (TPSA) is 67.8 Å². The summed E-state index contributed by atoms with van der Waals surface area (Å²) in [4.78, 5) is 25.2. The zero-order valence-electron chi connectivity index (χ0n) is 25.8. The van der Waals surface area contributed by atoms with E-state index < -0.39 is 5.97 Å². The van der Waals surface area contributed by atoms with Gasteiger partial charge in [0, 0.05) is 12.0 Å². The number of esters is 1. The van der Waals surface area contributed by atoms with Gasteiger partial charge in [-0.1, -0.05) is 145 Å². The van der Waals surface area contributed by atoms with Gasteiger partial charge in [0.1, 0.15) is 5.75 Å². The number of hydrogen-bond acceptors (Lipinski definition) is 4. The molecule has 0 bridgehead atoms. The Morgan fingerprint density at radius 1 is 0.714 bits per heavy atom. The molecule has 0 radical (unpaired) electrons. The Bertz CT molecular complexity index is 1250. The van der Waals surface area contributed by atoms with Gasteiger partial charge in [0.05, 0.1) is 11.8 Å². The molecule has 0 heterocycles. The van der Waals surface area contributed by atoms with Crippen LogP contribution in [0.2, 0.25) is 0 Å². The normalized spacial score (nSPS) is 11.3. The summed E-state index contributed by atoms with van der Waals surface area (Å²) in [5.74, 6) is -0.129. The molecule has 5 heteroatoms. The van der Waals surface area contributed by atoms with Crippen molar-refractivity contribution in [3.8, 4) is 5.75 Å². The van der Waals surface area contributed by atoms with Gasteiger partial charge in [-0.25, -0.2) is 10.2 Å². The smallest absolute Gasteiger partial charge is 0.343 e. The van der Waals surface area contributed by atoms with Crippen LogP contribution in [-0.4, -0.2) is 18.1 Å². The predicted molar refractivity (Wildman–Crippen MR) is 175 cm³/mol. The highest BCUT2D eigenvalue weighted by Gasteiger charge is 2.13. The summed E-state index contributed by atoms with van der Waals surface area (Å²) in [6, 6.07) is 18.8. The lowest BCUT2D eigenvalue weighted by molar-refractivity contribution is -0.121. The quantitative estimate of drug-likeness (QED) is 0.0483. The number of aryl methyl sites for hydroxylation is 1. The lowest BCUT2D eigenvalue weighted by atomic mass is 10.0. The molecule has 0 unspecified atom stereocenters. The summed E-state index contributed by atoms with van der Waals surface area (Å²) in [7, 11) is 0. The minimum absolute atomic E-state index is 0.0978. The summed E-state index contributed by atoms with van der Waals surface area (Å²) in [5.41, 5.74) is 4.86. The van der Waals surface area contributed by atoms with Crippen molar-refractivity contribution in [2.45, 2.75) is 117 Å². The first kappa shape index (κ1) is 33.0. The van der Waals surface area contributed by atoms with E-state index in [2.05, 4.69) is 17.5 Å². The molecule has 0 aliphatic heterocycles. The van der Waals surface area contributed by atoms with Crippen molar-refractivity contribution in [3.63, 3.8) is 0 Å². The van der Waals surface area contributed by atoms with Crippen LogP contribution < -0.4 is 10.2 Å². The number of hydrazone groups is 1. The van der Waals surface area contributed by atoms with E-state index >= 15 is 0 Å². The molecule has 0 saturated carbocycles. The lowest BCUT2D eigenvalue weighted by Gasteiger charge is -2.11. The van der Waals surface area contributed by atoms with Gasteiger partial charge in [-0.15, -0.1) is 0 Å². The SMILES string of the molecule is CCCCCCCCCCCCCCCCCC(=O)N/N=C\c1c(OC(=O)c2ccc(C)cc2)ccc2ccccc12. The highest BCUT2D eigenvalue weighted by Crippen LogP contribution is 2.27. The molecule has 0 fully saturated rings. The van der Waals surface area contributed by atoms with Crippen LogP contribution in [0.25, 0.3) is 10.8 Å². The Hall–Kier alpha value is -3.47. The van der Waals surface area contributed by atoms with Crippen LogP contribution in [0, 0.1) is 6.92 Å². The average molecular weight is 571 g/mol. The summed E-state index contributed by atoms with van der Waals surface area (Å²) >= 11 is 0. The molecule has 0 aliphatic carbocycles. The first-order valence-corrected chi connectivity index (χ1v) is 16.2. The summed E-state index contributed by atoms with van der Waals surface area (Å²) in [6.45, 7) is 4.24. The second-order valence-corrected chi connectivity index (χ2v) is 11.4. The van der Waals surface area contributed by atoms with Crippen LogP contribution in [0.3, 0.4) is 0 Å². The minimum atomic E-state index is -0.433. The summed E-state index contributed by atoms with van der Waals surface area (Å²) < 4.78 is 5.75. The maximum Gasteiger partial charge on any atom is 0.343 e. The number of rotatable bonds is 20. The number of benzene rings is 3. The number of nitrogens with one attached hydrogen (secondary N) is 1. The fraction of sp³-hybridized carbons (Fsp3) is 0.486. The Labute approximate surface area is 253 Å². The molecule has 0 spiro atoms. The van der Waals surface area contributed by atoms with Crippen molar-refractivity contribution in [1.29, 1.82) is 0 Å². The molecule has 0 atom stereocenters. The number of nitrogens with zero attached hydrogens (tertiary/aromatic N) is 1. The van der Waals surface area contributed by atoms with Crippen LogP contribution in [0.15, 0.2) is 65.8 Å². The Morgan fingerprint density at radius 3 is 1.90 bits per heavy atom. The molecule has 3 aromatic carbocycles. The number of fused-ring (bicyclic) bond motifs is 1. The van der Waals surface area contributed by atoms with Gasteiger partial charge >= 0.3 is 5.97 Å². The summed E-state index contributed by atoms with van der Waals surface area (Å²) in [5, 5.41) is 6.11. The highest BCUT2D eigenvalue weighted by atomic mass is 16.5. The third-order valence-corrected chi connectivity index (χ3v) is 7.81. The molecular weight excluding hydrogens is 520 g/mol. The van der Waals surface area contributed by atoms with Gasteiger partial charge in [0.25, 0.3) is 0 Å². The van der Waals surface area contributed by atoms with E-state index in [0.717, 1.165) is 29.2 Å². The molecule has 0 aromatic heterocycles. The molecular formula is C37H50N2O3. The van der Waals surface area contributed by atoms with E-state index in [1.54, 1.807) is 24.4 Å². The largest absolute Gasteiger partial charge is 0.422 e. The van der Waals surface area contributed by atoms with Crippen LogP contribution in [0.5, 0.6) is 5.75 Å². The predicted octanol–water partition coefficient (Wildman–Crippen LogP) is 10.1. The average Bonchev–Trinajstić information content (AvgIpc) is 3.00. The number of carbonyl (C=O) groups is 2. The second-order valence-electron chi connectivity index (χ2n) is 11.4. The molecule has 42 heavy (non-hydrogen) atoms. The monoisotopic (exact) mass is 570 g/mol. The van der Waals surface area contributed by atoms with Crippen molar-refractivity contribution < 1.29 is 14.3 Å². The Morgan fingerprint density at radius 2 is 1.29 bits per heavy atom. The van der Waals surface area contributed by atoms with E-state index in [9.17, 15) is 9.59 Å². The number of carbonyl (C=O) groups excluding carboxylic acids is 2. The van der Waals surface area contributed by atoms with Gasteiger partial charge in [-0.05, 0) is 42.3 Å². The molecule has 3 rings (SSSR count). The van der Waals surface area contributed by atoms with Crippen LogP contribution in [0.1, 0.15) is 131 Å². The van der Waals surface area contributed by atoms with Crippen LogP contribution >= 0.6 is 0 Å². The standard InChI is InChI=1S/C37H50N2O3/c1-3-4-5-6-7-8-9-10-11-12-13-14-15-16-17-22-36(40)39-38-29-34-33-21-19-18-20-31(33)27-28-35(34)42-37(41)32-25-23-30(2)24-26-32/h18-21,23-29H,3-17,22H2,1-2H3,(H,39,40)/b38-29-. The number of amides is 1. The van der Waals surface area contributed by atoms with Crippen molar-refractivity contribution in [1.82, 2.24) is 5.43 Å². The molecule has 1 amide bonds. The van der Waals surface area contributed by atoms with Gasteiger partial charge in [0.2, 0.25) is 5.91 Å². The molecule has 3 aromatic rings. The third-order valence-electron chi connectivity index (χ3n) is 7.81. The van der Waals surface area contributed by atoms with E-state index in [1.807, 2.05) is 49.4 Å². The van der Waals surface area contributed by atoms with E-state index in [1.165, 1.54) is 83.5 Å². The van der Waals surface area contributed by atoms with Crippen LogP contribution in [0.4, 0.5) is 0 Å². The van der Waals surface area contributed by atoms with Crippen molar-refractivity contribution in [2.75, 3.05) is 0 Å². The first-order chi connectivity index (χ1) is 20.6. The summed E-state index contributed by atoms with van der Waals surface area (Å²) in [6.07, 6.45) is 21.5. The zero-order valence-corrected chi connectivity index (χ0v) is 25.8. The van der Waals surface area contributed by atoms with Gasteiger partial charge in [-0.2, -0.15) is 5.10 Å². The first-order valence-electron chi connectivity index (χ1n) is 16.2. The van der Waals surface area contributed by atoms with E-state index in [0.29, 0.717) is 23.3 Å². The number of ether oxygens (including phenoxy) is 1. The zero-order chi connectivity index (χ0) is 29.8. The number of unbranched alkanes of at least 4 members (excludes halogenated alkanes) is 14. The second kappa shape index (κ2) is 19.6. The van der Waals surface area contributed by atoms with E-state index in [-0.39, 0.29) is 5.91 Å². The van der Waals surface area contributed by atoms with Gasteiger partial charge in [0.15, 0.2) is 0 Å². The third kappa shape index (κ3) is 12.2. The van der Waals surface area contributed by atoms with Crippen molar-refractivity contribution >= 4 is 28.9 Å². The highest BCUT2D eigenvalue weighted by molar-refractivity contribution is 6.04. The molecule has 5 nitrogen and oxygen atoms in total. The van der Waals surface area contributed by atoms with E-state index in [4.69, 9.17) is 4.74 Å². The Balaban J connectivity index is 1.35. The van der Waals surface area contributed by atoms with Gasteiger partial charge in [-0.3, -0.25) is 4.79 Å². The molecule has 0 saturated heterocycles. The Kier molecular flexibility index (Phi) is 15.4. The maximum atomic E-state index is 12.8. The molecule has 1 N–H and O–H groups in total.